The number of hydrogen-bond acceptors (Lipinski definition) is 3. The highest BCUT2D eigenvalue weighted by molar-refractivity contribution is 5.95. The van der Waals surface area contributed by atoms with Gasteiger partial charge in [0.15, 0.2) is 0 Å². The van der Waals surface area contributed by atoms with Crippen molar-refractivity contribution >= 4 is 5.91 Å². The Morgan fingerprint density at radius 1 is 1.17 bits per heavy atom. The first-order chi connectivity index (χ1) is 11.3. The number of likely N-dealkylation sites (N-methyl/N-ethyl adjacent to an activating group) is 1. The van der Waals surface area contributed by atoms with Gasteiger partial charge >= 0.3 is 0 Å². The first-order valence-electron chi connectivity index (χ1n) is 9.60. The van der Waals surface area contributed by atoms with Crippen LogP contribution in [0.2, 0.25) is 0 Å². The summed E-state index contributed by atoms with van der Waals surface area (Å²) < 4.78 is 0. The Labute approximate surface area is 144 Å². The summed E-state index contributed by atoms with van der Waals surface area (Å²) in [6.45, 7) is 4.44. The predicted octanol–water partition coefficient (Wildman–Crippen LogP) is 2.35. The number of carbonyl (C=O) groups is 1. The van der Waals surface area contributed by atoms with Gasteiger partial charge in [-0.15, -0.1) is 0 Å². The maximum Gasteiger partial charge on any atom is 0.251 e. The zero-order valence-electron chi connectivity index (χ0n) is 15.2. The summed E-state index contributed by atoms with van der Waals surface area (Å²) in [6.07, 6.45) is 8.47. The number of amides is 1. The van der Waals surface area contributed by atoms with E-state index in [-0.39, 0.29) is 35.5 Å². The summed E-state index contributed by atoms with van der Waals surface area (Å²) in [6, 6.07) is 0.247. The van der Waals surface area contributed by atoms with Crippen LogP contribution in [0.15, 0.2) is 11.6 Å². The second-order valence-corrected chi connectivity index (χ2v) is 9.22. The van der Waals surface area contributed by atoms with Gasteiger partial charge in [-0.3, -0.25) is 4.79 Å². The average molecular weight is 333 g/mol. The van der Waals surface area contributed by atoms with Crippen molar-refractivity contribution in [1.29, 1.82) is 0 Å². The molecule has 134 valence electrons. The standard InChI is InChI=1S/C20H31NO3/c1-19-9-8-15-13(14(19)5-7-17(19)23)4-6-16-20(15,2)10-12(11-22)18(24)21(16)3/h10,13-17,22-23H,4-9,11H2,1-3H3/t13-,14-,15+,16?,17?,19-,20+/m0/s1. The molecule has 7 atom stereocenters. The summed E-state index contributed by atoms with van der Waals surface area (Å²) in [5, 5.41) is 20.2. The minimum absolute atomic E-state index is 0.00430. The van der Waals surface area contributed by atoms with E-state index in [1.54, 1.807) is 0 Å². The van der Waals surface area contributed by atoms with Gasteiger partial charge in [-0.1, -0.05) is 19.9 Å². The highest BCUT2D eigenvalue weighted by atomic mass is 16.3. The lowest BCUT2D eigenvalue weighted by molar-refractivity contribution is -0.142. The molecule has 0 saturated heterocycles. The van der Waals surface area contributed by atoms with Crippen LogP contribution in [0.25, 0.3) is 0 Å². The molecule has 0 aromatic heterocycles. The summed E-state index contributed by atoms with van der Waals surface area (Å²) in [5.74, 6) is 1.80. The fraction of sp³-hybridized carbons (Fsp3) is 0.850. The van der Waals surface area contributed by atoms with Crippen molar-refractivity contribution < 1.29 is 15.0 Å². The number of rotatable bonds is 1. The van der Waals surface area contributed by atoms with Gasteiger partial charge in [-0.05, 0) is 61.7 Å². The van der Waals surface area contributed by atoms with E-state index < -0.39 is 0 Å². The van der Waals surface area contributed by atoms with E-state index in [4.69, 9.17) is 0 Å². The molecule has 1 aliphatic heterocycles. The normalized spacial score (nSPS) is 50.9. The minimum Gasteiger partial charge on any atom is -0.393 e. The third kappa shape index (κ3) is 1.96. The van der Waals surface area contributed by atoms with E-state index in [1.807, 2.05) is 11.9 Å². The summed E-state index contributed by atoms with van der Waals surface area (Å²) in [7, 11) is 1.90. The van der Waals surface area contributed by atoms with Crippen molar-refractivity contribution in [3.05, 3.63) is 11.6 Å². The molecule has 1 amide bonds. The lowest BCUT2D eigenvalue weighted by Gasteiger charge is -2.60. The first kappa shape index (κ1) is 16.6. The molecule has 24 heavy (non-hydrogen) atoms. The van der Waals surface area contributed by atoms with Gasteiger partial charge in [0.25, 0.3) is 5.91 Å². The SMILES string of the molecule is CN1C(=O)C(CO)=C[C@@]2(C)C1CC[C@@H]1[C@H]2CC[C@]2(C)C(O)CC[C@@H]12. The summed E-state index contributed by atoms with van der Waals surface area (Å²) in [5.41, 5.74) is 0.611. The van der Waals surface area contributed by atoms with Gasteiger partial charge in [0, 0.05) is 24.1 Å². The zero-order valence-corrected chi connectivity index (χ0v) is 15.2. The van der Waals surface area contributed by atoms with Gasteiger partial charge in [-0.25, -0.2) is 0 Å². The van der Waals surface area contributed by atoms with Crippen molar-refractivity contribution in [3.63, 3.8) is 0 Å². The van der Waals surface area contributed by atoms with Crippen LogP contribution >= 0.6 is 0 Å². The van der Waals surface area contributed by atoms with Crippen LogP contribution in [0.1, 0.15) is 52.4 Å². The molecular weight excluding hydrogens is 302 g/mol. The van der Waals surface area contributed by atoms with Crippen LogP contribution in [0.4, 0.5) is 0 Å². The van der Waals surface area contributed by atoms with Gasteiger partial charge in [0.1, 0.15) is 0 Å². The second kappa shape index (κ2) is 5.31. The Bertz CT molecular complexity index is 587. The molecule has 2 N–H and O–H groups in total. The molecule has 4 heteroatoms. The van der Waals surface area contributed by atoms with Crippen molar-refractivity contribution in [2.45, 2.75) is 64.5 Å². The topological polar surface area (TPSA) is 60.8 Å². The fourth-order valence-corrected chi connectivity index (χ4v) is 7.08. The van der Waals surface area contributed by atoms with Crippen molar-refractivity contribution in [1.82, 2.24) is 4.90 Å². The molecule has 0 radical (unpaired) electrons. The Morgan fingerprint density at radius 3 is 2.62 bits per heavy atom. The quantitative estimate of drug-likeness (QED) is 0.774. The molecular formula is C20H31NO3. The second-order valence-electron chi connectivity index (χ2n) is 9.22. The van der Waals surface area contributed by atoms with Crippen molar-refractivity contribution in [2.75, 3.05) is 13.7 Å². The first-order valence-corrected chi connectivity index (χ1v) is 9.60. The third-order valence-corrected chi connectivity index (χ3v) is 8.40. The van der Waals surface area contributed by atoms with Gasteiger partial charge in [-0.2, -0.15) is 0 Å². The van der Waals surface area contributed by atoms with Gasteiger partial charge < -0.3 is 15.1 Å². The third-order valence-electron chi connectivity index (χ3n) is 8.40. The Hall–Kier alpha value is -0.870. The van der Waals surface area contributed by atoms with E-state index >= 15 is 0 Å². The molecule has 0 spiro atoms. The number of aliphatic hydroxyl groups is 2. The highest BCUT2D eigenvalue weighted by Crippen LogP contribution is 2.64. The van der Waals surface area contributed by atoms with Crippen molar-refractivity contribution in [2.24, 2.45) is 28.6 Å². The molecule has 2 unspecified atom stereocenters. The molecule has 0 aromatic carbocycles. The lowest BCUT2D eigenvalue weighted by Crippen LogP contribution is -2.60. The molecule has 4 rings (SSSR count). The van der Waals surface area contributed by atoms with Crippen LogP contribution in [-0.4, -0.2) is 46.8 Å². The fourth-order valence-electron chi connectivity index (χ4n) is 7.08. The lowest BCUT2D eigenvalue weighted by atomic mass is 9.48. The Balaban J connectivity index is 1.73. The maximum absolute atomic E-state index is 12.5. The maximum atomic E-state index is 12.5. The van der Waals surface area contributed by atoms with E-state index in [0.717, 1.165) is 38.5 Å². The smallest absolute Gasteiger partial charge is 0.251 e. The minimum atomic E-state index is -0.164. The van der Waals surface area contributed by atoms with Crippen LogP contribution in [0.3, 0.4) is 0 Å². The van der Waals surface area contributed by atoms with Gasteiger partial charge in [0.05, 0.1) is 12.7 Å². The Kier molecular flexibility index (Phi) is 3.67. The summed E-state index contributed by atoms with van der Waals surface area (Å²) in [4.78, 5) is 14.3. The Morgan fingerprint density at radius 2 is 1.92 bits per heavy atom. The van der Waals surface area contributed by atoms with Crippen molar-refractivity contribution in [3.8, 4) is 0 Å². The number of carbonyl (C=O) groups excluding carboxylic acids is 1. The highest BCUT2D eigenvalue weighted by Gasteiger charge is 2.60. The molecule has 0 bridgehead atoms. The molecule has 1 heterocycles. The van der Waals surface area contributed by atoms with E-state index in [9.17, 15) is 15.0 Å². The summed E-state index contributed by atoms with van der Waals surface area (Å²) >= 11 is 0. The molecule has 3 fully saturated rings. The van der Waals surface area contributed by atoms with Crippen LogP contribution in [0, 0.1) is 28.6 Å². The number of fused-ring (bicyclic) bond motifs is 5. The molecule has 3 aliphatic carbocycles. The molecule has 0 aromatic rings. The molecule has 3 saturated carbocycles. The van der Waals surface area contributed by atoms with Gasteiger partial charge in [0.2, 0.25) is 0 Å². The van der Waals surface area contributed by atoms with E-state index in [1.165, 1.54) is 0 Å². The van der Waals surface area contributed by atoms with Crippen LogP contribution in [-0.2, 0) is 4.79 Å². The predicted molar refractivity (Wildman–Crippen MR) is 92.1 cm³/mol. The van der Waals surface area contributed by atoms with Crippen LogP contribution < -0.4 is 0 Å². The number of nitrogens with zero attached hydrogens (tertiary/aromatic N) is 1. The van der Waals surface area contributed by atoms with Crippen LogP contribution in [0.5, 0.6) is 0 Å². The molecule has 4 nitrogen and oxygen atoms in total. The number of aliphatic hydroxyl groups excluding tert-OH is 2. The van der Waals surface area contributed by atoms with E-state index in [2.05, 4.69) is 19.9 Å². The zero-order chi connectivity index (χ0) is 17.3. The average Bonchev–Trinajstić information content (AvgIpc) is 2.86. The largest absolute Gasteiger partial charge is 0.393 e. The monoisotopic (exact) mass is 333 g/mol. The molecule has 4 aliphatic rings. The van der Waals surface area contributed by atoms with E-state index in [0.29, 0.717) is 23.3 Å². The number of hydrogen-bond donors (Lipinski definition) is 2.